The van der Waals surface area contributed by atoms with Gasteiger partial charge in [-0.25, -0.2) is 0 Å². The fourth-order valence-electron chi connectivity index (χ4n) is 1.87. The third kappa shape index (κ3) is 2.07. The number of benzene rings is 1. The van der Waals surface area contributed by atoms with Crippen molar-refractivity contribution in [1.82, 2.24) is 15.0 Å². The summed E-state index contributed by atoms with van der Waals surface area (Å²) in [5.74, 6) is 0.0412. The molecule has 0 amide bonds. The molecule has 0 radical (unpaired) electrons. The van der Waals surface area contributed by atoms with Gasteiger partial charge < -0.3 is 10.1 Å². The maximum absolute atomic E-state index is 11.7. The van der Waals surface area contributed by atoms with Gasteiger partial charge in [0.1, 0.15) is 9.39 Å². The average Bonchev–Trinajstić information content (AvgIpc) is 2.43. The summed E-state index contributed by atoms with van der Waals surface area (Å²) < 4.78 is 0.176. The Morgan fingerprint density at radius 3 is 2.79 bits per heavy atom. The van der Waals surface area contributed by atoms with Crippen LogP contribution in [-0.4, -0.2) is 20.1 Å². The lowest BCUT2D eigenvalue weighted by Gasteiger charge is -2.05. The first-order valence-electron chi connectivity index (χ1n) is 5.50. The van der Waals surface area contributed by atoms with Crippen LogP contribution in [0.3, 0.4) is 0 Å². The van der Waals surface area contributed by atoms with Gasteiger partial charge in [-0.05, 0) is 34.7 Å². The number of H-pyrrole nitrogens is 1. The summed E-state index contributed by atoms with van der Waals surface area (Å²) in [5, 5.41) is 10.6. The molecule has 0 fully saturated rings. The standard InChI is InChI=1S/C13H8IN3O2/c14-9-12(18)16-11(17-13(9)19)8-5-1-3-7-4-2-6-15-10(7)8/h1-6H,(H2,16,17,18,19). The number of rotatable bonds is 1. The summed E-state index contributed by atoms with van der Waals surface area (Å²) in [6, 6.07) is 9.36. The summed E-state index contributed by atoms with van der Waals surface area (Å²) >= 11 is 1.75. The smallest absolute Gasteiger partial charge is 0.268 e. The number of fused-ring (bicyclic) bond motifs is 1. The van der Waals surface area contributed by atoms with E-state index in [9.17, 15) is 9.90 Å². The molecule has 0 saturated heterocycles. The van der Waals surface area contributed by atoms with E-state index in [1.165, 1.54) is 0 Å². The molecular weight excluding hydrogens is 357 g/mol. The molecule has 0 spiro atoms. The lowest BCUT2D eigenvalue weighted by Crippen LogP contribution is -2.12. The van der Waals surface area contributed by atoms with Crippen molar-refractivity contribution >= 4 is 33.5 Å². The molecule has 19 heavy (non-hydrogen) atoms. The van der Waals surface area contributed by atoms with Crippen molar-refractivity contribution in [3.63, 3.8) is 0 Å². The van der Waals surface area contributed by atoms with Crippen molar-refractivity contribution in [2.24, 2.45) is 0 Å². The van der Waals surface area contributed by atoms with E-state index < -0.39 is 0 Å². The van der Waals surface area contributed by atoms with Gasteiger partial charge in [0, 0.05) is 17.1 Å². The molecule has 2 aromatic heterocycles. The first kappa shape index (κ1) is 12.1. The molecule has 0 unspecified atom stereocenters. The Balaban J connectivity index is 2.34. The van der Waals surface area contributed by atoms with Crippen LogP contribution in [0.25, 0.3) is 22.3 Å². The zero-order valence-corrected chi connectivity index (χ0v) is 11.7. The third-order valence-corrected chi connectivity index (χ3v) is 3.71. The molecule has 3 rings (SSSR count). The number of hydrogen-bond acceptors (Lipinski definition) is 4. The number of aromatic amines is 1. The number of aromatic hydroxyl groups is 1. The van der Waals surface area contributed by atoms with Gasteiger partial charge in [0.15, 0.2) is 0 Å². The third-order valence-electron chi connectivity index (χ3n) is 2.73. The zero-order valence-electron chi connectivity index (χ0n) is 9.59. The van der Waals surface area contributed by atoms with E-state index in [1.807, 2.05) is 24.3 Å². The van der Waals surface area contributed by atoms with Gasteiger partial charge in [-0.3, -0.25) is 9.78 Å². The molecule has 0 saturated carbocycles. The van der Waals surface area contributed by atoms with Gasteiger partial charge in [0.05, 0.1) is 5.52 Å². The number of nitrogens with one attached hydrogen (secondary N) is 1. The van der Waals surface area contributed by atoms with Crippen LogP contribution in [0.1, 0.15) is 0 Å². The van der Waals surface area contributed by atoms with Crippen LogP contribution >= 0.6 is 22.6 Å². The normalized spacial score (nSPS) is 10.8. The molecule has 0 aliphatic rings. The minimum Gasteiger partial charge on any atom is -0.492 e. The number of nitrogens with zero attached hydrogens (tertiary/aromatic N) is 2. The molecule has 0 atom stereocenters. The monoisotopic (exact) mass is 365 g/mol. The van der Waals surface area contributed by atoms with E-state index in [-0.39, 0.29) is 15.0 Å². The highest BCUT2D eigenvalue weighted by atomic mass is 127. The van der Waals surface area contributed by atoms with Crippen LogP contribution in [0.5, 0.6) is 5.88 Å². The number of hydrogen-bond donors (Lipinski definition) is 2. The predicted molar refractivity (Wildman–Crippen MR) is 80.0 cm³/mol. The maximum Gasteiger partial charge on any atom is 0.268 e. The fraction of sp³-hybridized carbons (Fsp3) is 0. The molecule has 2 heterocycles. The predicted octanol–water partition coefficient (Wildman–Crippen LogP) is 2.30. The number of pyridine rings is 1. The summed E-state index contributed by atoms with van der Waals surface area (Å²) in [4.78, 5) is 22.6. The summed E-state index contributed by atoms with van der Waals surface area (Å²) in [5.41, 5.74) is 1.05. The van der Waals surface area contributed by atoms with E-state index >= 15 is 0 Å². The largest absolute Gasteiger partial charge is 0.492 e. The van der Waals surface area contributed by atoms with E-state index in [0.717, 1.165) is 10.9 Å². The minimum atomic E-state index is -0.365. The fourth-order valence-corrected chi connectivity index (χ4v) is 2.13. The summed E-state index contributed by atoms with van der Waals surface area (Å²) in [6.45, 7) is 0. The Hall–Kier alpha value is -1.96. The van der Waals surface area contributed by atoms with Gasteiger partial charge in [-0.1, -0.05) is 18.2 Å². The summed E-state index contributed by atoms with van der Waals surface area (Å²) in [6.07, 6.45) is 1.68. The molecule has 0 aliphatic heterocycles. The van der Waals surface area contributed by atoms with Gasteiger partial charge in [-0.15, -0.1) is 0 Å². The minimum absolute atomic E-state index is 0.176. The Labute approximate surface area is 121 Å². The molecule has 0 aliphatic carbocycles. The first-order chi connectivity index (χ1) is 9.16. The van der Waals surface area contributed by atoms with E-state index in [1.54, 1.807) is 34.9 Å². The van der Waals surface area contributed by atoms with Crippen molar-refractivity contribution in [2.45, 2.75) is 0 Å². The molecule has 3 aromatic rings. The average molecular weight is 365 g/mol. The lowest BCUT2D eigenvalue weighted by atomic mass is 10.1. The number of para-hydroxylation sites is 1. The van der Waals surface area contributed by atoms with Crippen LogP contribution in [0, 0.1) is 3.57 Å². The highest BCUT2D eigenvalue weighted by Gasteiger charge is 2.11. The van der Waals surface area contributed by atoms with E-state index in [4.69, 9.17) is 0 Å². The SMILES string of the molecule is O=c1[nH]c(-c2cccc3cccnc23)nc(O)c1I. The van der Waals surface area contributed by atoms with Gasteiger partial charge in [-0.2, -0.15) is 4.98 Å². The van der Waals surface area contributed by atoms with Gasteiger partial charge in [0.25, 0.3) is 5.56 Å². The Morgan fingerprint density at radius 2 is 2.00 bits per heavy atom. The maximum atomic E-state index is 11.7. The Morgan fingerprint density at radius 1 is 1.21 bits per heavy atom. The summed E-state index contributed by atoms with van der Waals surface area (Å²) in [7, 11) is 0. The molecule has 94 valence electrons. The molecule has 0 bridgehead atoms. The van der Waals surface area contributed by atoms with Crippen molar-refractivity contribution in [3.8, 4) is 17.3 Å². The second-order valence-electron chi connectivity index (χ2n) is 3.93. The number of halogens is 1. The van der Waals surface area contributed by atoms with Crippen molar-refractivity contribution in [2.75, 3.05) is 0 Å². The van der Waals surface area contributed by atoms with Crippen LogP contribution in [0.2, 0.25) is 0 Å². The quantitative estimate of drug-likeness (QED) is 0.649. The molecular formula is C13H8IN3O2. The van der Waals surface area contributed by atoms with Crippen LogP contribution < -0.4 is 5.56 Å². The first-order valence-corrected chi connectivity index (χ1v) is 6.57. The van der Waals surface area contributed by atoms with Gasteiger partial charge >= 0.3 is 0 Å². The lowest BCUT2D eigenvalue weighted by molar-refractivity contribution is 0.447. The topological polar surface area (TPSA) is 78.9 Å². The second-order valence-corrected chi connectivity index (χ2v) is 5.01. The molecule has 6 heteroatoms. The Bertz CT molecular complexity index is 824. The van der Waals surface area contributed by atoms with E-state index in [2.05, 4.69) is 15.0 Å². The highest BCUT2D eigenvalue weighted by molar-refractivity contribution is 14.1. The van der Waals surface area contributed by atoms with Crippen molar-refractivity contribution in [1.29, 1.82) is 0 Å². The van der Waals surface area contributed by atoms with Crippen molar-refractivity contribution < 1.29 is 5.11 Å². The second kappa shape index (κ2) is 4.61. The molecule has 2 N–H and O–H groups in total. The van der Waals surface area contributed by atoms with Crippen molar-refractivity contribution in [3.05, 3.63) is 50.5 Å². The van der Waals surface area contributed by atoms with Gasteiger partial charge in [0.2, 0.25) is 5.88 Å². The molecule has 1 aromatic carbocycles. The Kier molecular flexibility index (Phi) is 2.94. The van der Waals surface area contributed by atoms with Crippen LogP contribution in [0.15, 0.2) is 41.3 Å². The van der Waals surface area contributed by atoms with Crippen LogP contribution in [-0.2, 0) is 0 Å². The highest BCUT2D eigenvalue weighted by Crippen LogP contribution is 2.25. The number of aromatic nitrogens is 3. The van der Waals surface area contributed by atoms with E-state index in [0.29, 0.717) is 11.4 Å². The van der Waals surface area contributed by atoms with Crippen LogP contribution in [0.4, 0.5) is 0 Å². The molecule has 5 nitrogen and oxygen atoms in total. The zero-order chi connectivity index (χ0) is 13.4.